The van der Waals surface area contributed by atoms with Crippen molar-refractivity contribution in [2.45, 2.75) is 19.8 Å². The number of carboxylic acid groups (broad SMARTS) is 1. The predicted octanol–water partition coefficient (Wildman–Crippen LogP) is 4.51. The summed E-state index contributed by atoms with van der Waals surface area (Å²) in [5.74, 6) is -1.17. The van der Waals surface area contributed by atoms with Crippen molar-refractivity contribution in [3.05, 3.63) is 71.7 Å². The van der Waals surface area contributed by atoms with Crippen LogP contribution >= 0.6 is 0 Å². The smallest absolute Gasteiger partial charge is 0.328 e. The van der Waals surface area contributed by atoms with Crippen molar-refractivity contribution in [1.82, 2.24) is 15.3 Å². The van der Waals surface area contributed by atoms with Gasteiger partial charge in [-0.15, -0.1) is 0 Å². The maximum Gasteiger partial charge on any atom is 0.328 e. The van der Waals surface area contributed by atoms with E-state index in [4.69, 9.17) is 5.11 Å². The Bertz CT molecular complexity index is 1050. The van der Waals surface area contributed by atoms with E-state index in [0.717, 1.165) is 30.0 Å². The van der Waals surface area contributed by atoms with Gasteiger partial charge in [-0.3, -0.25) is 4.79 Å². The fraction of sp³-hybridized carbons (Fsp3) is 0.174. The van der Waals surface area contributed by atoms with E-state index in [1.165, 1.54) is 18.2 Å². The van der Waals surface area contributed by atoms with Gasteiger partial charge in [0.2, 0.25) is 0 Å². The number of unbranched alkanes of at least 4 members (excludes halogenated alkanes) is 1. The quantitative estimate of drug-likeness (QED) is 0.378. The van der Waals surface area contributed by atoms with E-state index in [1.807, 2.05) is 6.92 Å². The van der Waals surface area contributed by atoms with E-state index in [1.54, 1.807) is 36.4 Å². The molecule has 1 aromatic heterocycles. The van der Waals surface area contributed by atoms with Crippen molar-refractivity contribution >= 4 is 18.0 Å². The van der Waals surface area contributed by atoms with E-state index in [-0.39, 0.29) is 11.7 Å². The van der Waals surface area contributed by atoms with Gasteiger partial charge in [-0.1, -0.05) is 37.6 Å². The van der Waals surface area contributed by atoms with Crippen molar-refractivity contribution in [3.8, 4) is 22.6 Å². The van der Waals surface area contributed by atoms with E-state index in [2.05, 4.69) is 15.3 Å². The Kier molecular flexibility index (Phi) is 6.75. The molecular weight excluding hydrogens is 385 g/mol. The highest BCUT2D eigenvalue weighted by Gasteiger charge is 2.19. The highest BCUT2D eigenvalue weighted by molar-refractivity contribution is 5.99. The number of aliphatic carboxylic acids is 1. The molecule has 3 rings (SSSR count). The molecule has 0 fully saturated rings. The van der Waals surface area contributed by atoms with Crippen LogP contribution in [0, 0.1) is 5.82 Å². The first-order valence-corrected chi connectivity index (χ1v) is 9.63. The number of aromatic nitrogens is 2. The van der Waals surface area contributed by atoms with Crippen LogP contribution in [0.2, 0.25) is 0 Å². The zero-order chi connectivity index (χ0) is 21.5. The number of carbonyl (C=O) groups excluding carboxylic acids is 1. The third-order valence-corrected chi connectivity index (χ3v) is 4.47. The van der Waals surface area contributed by atoms with Crippen LogP contribution in [-0.2, 0) is 4.79 Å². The zero-order valence-corrected chi connectivity index (χ0v) is 16.5. The van der Waals surface area contributed by atoms with Crippen molar-refractivity contribution in [3.63, 3.8) is 0 Å². The molecule has 0 bridgehead atoms. The Labute approximate surface area is 173 Å². The minimum Gasteiger partial charge on any atom is -0.478 e. The number of carboxylic acids is 1. The number of carbonyl (C=O) groups is 2. The fourth-order valence-corrected chi connectivity index (χ4v) is 2.88. The van der Waals surface area contributed by atoms with Gasteiger partial charge in [0, 0.05) is 23.7 Å². The molecule has 0 aliphatic rings. The van der Waals surface area contributed by atoms with Crippen LogP contribution in [0.25, 0.3) is 28.7 Å². The van der Waals surface area contributed by atoms with Crippen molar-refractivity contribution in [1.29, 1.82) is 0 Å². The summed E-state index contributed by atoms with van der Waals surface area (Å²) in [6, 6.07) is 12.9. The number of hydrogen-bond donors (Lipinski definition) is 3. The molecule has 0 saturated carbocycles. The SMILES string of the molecule is CCCCNC(=O)c1[nH]c(-c2ccc(/C=C/C(=O)O)cc2)nc1-c1ccc(F)cc1. The van der Waals surface area contributed by atoms with Gasteiger partial charge >= 0.3 is 5.97 Å². The second kappa shape index (κ2) is 9.65. The molecule has 7 heteroatoms. The summed E-state index contributed by atoms with van der Waals surface area (Å²) in [7, 11) is 0. The van der Waals surface area contributed by atoms with Crippen LogP contribution in [0.1, 0.15) is 35.8 Å². The molecule has 0 atom stereocenters. The molecule has 0 radical (unpaired) electrons. The molecule has 0 aliphatic carbocycles. The Hall–Kier alpha value is -3.74. The summed E-state index contributed by atoms with van der Waals surface area (Å²) in [6.45, 7) is 2.59. The van der Waals surface area contributed by atoms with E-state index in [0.29, 0.717) is 29.3 Å². The monoisotopic (exact) mass is 407 g/mol. The van der Waals surface area contributed by atoms with Crippen LogP contribution in [-0.4, -0.2) is 33.5 Å². The number of aromatic amines is 1. The van der Waals surface area contributed by atoms with Crippen LogP contribution in [0.15, 0.2) is 54.6 Å². The van der Waals surface area contributed by atoms with Crippen molar-refractivity contribution in [2.24, 2.45) is 0 Å². The van der Waals surface area contributed by atoms with E-state index < -0.39 is 5.97 Å². The Balaban J connectivity index is 1.95. The predicted molar refractivity (Wildman–Crippen MR) is 113 cm³/mol. The topological polar surface area (TPSA) is 95.1 Å². The van der Waals surface area contributed by atoms with Gasteiger partial charge in [0.05, 0.1) is 0 Å². The number of benzene rings is 2. The first kappa shape index (κ1) is 21.0. The standard InChI is InChI=1S/C23H22FN3O3/c1-2-3-14-25-23(30)21-20(16-9-11-18(24)12-10-16)26-22(27-21)17-7-4-15(5-8-17)6-13-19(28)29/h4-13H,2-3,14H2,1H3,(H,25,30)(H,26,27)(H,28,29)/b13-6+. The molecule has 30 heavy (non-hydrogen) atoms. The second-order valence-corrected chi connectivity index (χ2v) is 6.72. The average molecular weight is 407 g/mol. The number of H-pyrrole nitrogens is 1. The largest absolute Gasteiger partial charge is 0.478 e. The third kappa shape index (κ3) is 5.20. The first-order chi connectivity index (χ1) is 14.5. The number of nitrogens with zero attached hydrogens (tertiary/aromatic N) is 1. The number of imidazole rings is 1. The third-order valence-electron chi connectivity index (χ3n) is 4.47. The minimum atomic E-state index is -1.02. The van der Waals surface area contributed by atoms with Gasteiger partial charge in [0.1, 0.15) is 23.0 Å². The number of rotatable bonds is 8. The molecule has 3 aromatic rings. The van der Waals surface area contributed by atoms with Gasteiger partial charge in [-0.05, 0) is 42.3 Å². The fourth-order valence-electron chi connectivity index (χ4n) is 2.88. The van der Waals surface area contributed by atoms with Gasteiger partial charge in [-0.2, -0.15) is 0 Å². The highest BCUT2D eigenvalue weighted by Crippen LogP contribution is 2.27. The molecule has 0 saturated heterocycles. The normalized spacial score (nSPS) is 11.0. The van der Waals surface area contributed by atoms with Crippen LogP contribution in [0.4, 0.5) is 4.39 Å². The number of amides is 1. The van der Waals surface area contributed by atoms with E-state index in [9.17, 15) is 14.0 Å². The van der Waals surface area contributed by atoms with Crippen LogP contribution in [0.3, 0.4) is 0 Å². The van der Waals surface area contributed by atoms with Gasteiger partial charge in [0.25, 0.3) is 5.91 Å². The maximum absolute atomic E-state index is 13.3. The Morgan fingerprint density at radius 1 is 1.10 bits per heavy atom. The molecule has 0 spiro atoms. The number of hydrogen-bond acceptors (Lipinski definition) is 3. The lowest BCUT2D eigenvalue weighted by Crippen LogP contribution is -2.25. The summed E-state index contributed by atoms with van der Waals surface area (Å²) >= 11 is 0. The summed E-state index contributed by atoms with van der Waals surface area (Å²) in [5.41, 5.74) is 2.83. The summed E-state index contributed by atoms with van der Waals surface area (Å²) in [6.07, 6.45) is 4.38. The lowest BCUT2D eigenvalue weighted by Gasteiger charge is -2.05. The van der Waals surface area contributed by atoms with Gasteiger partial charge in [0.15, 0.2) is 0 Å². The van der Waals surface area contributed by atoms with E-state index >= 15 is 0 Å². The van der Waals surface area contributed by atoms with Gasteiger partial charge in [-0.25, -0.2) is 14.2 Å². The molecule has 6 nitrogen and oxygen atoms in total. The minimum absolute atomic E-state index is 0.275. The van der Waals surface area contributed by atoms with Crippen LogP contribution < -0.4 is 5.32 Å². The lowest BCUT2D eigenvalue weighted by atomic mass is 10.1. The molecular formula is C23H22FN3O3. The first-order valence-electron chi connectivity index (χ1n) is 9.63. The number of nitrogens with one attached hydrogen (secondary N) is 2. The summed E-state index contributed by atoms with van der Waals surface area (Å²) in [4.78, 5) is 31.0. The molecule has 2 aromatic carbocycles. The van der Waals surface area contributed by atoms with Gasteiger partial charge < -0.3 is 15.4 Å². The molecule has 0 aliphatic heterocycles. The Morgan fingerprint density at radius 2 is 1.77 bits per heavy atom. The van der Waals surface area contributed by atoms with Crippen LogP contribution in [0.5, 0.6) is 0 Å². The average Bonchev–Trinajstić information content (AvgIpc) is 3.19. The molecule has 0 unspecified atom stereocenters. The lowest BCUT2D eigenvalue weighted by molar-refractivity contribution is -0.131. The zero-order valence-electron chi connectivity index (χ0n) is 16.5. The summed E-state index contributed by atoms with van der Waals surface area (Å²) < 4.78 is 13.3. The maximum atomic E-state index is 13.3. The molecule has 154 valence electrons. The van der Waals surface area contributed by atoms with Crippen molar-refractivity contribution < 1.29 is 19.1 Å². The Morgan fingerprint density at radius 3 is 2.40 bits per heavy atom. The second-order valence-electron chi connectivity index (χ2n) is 6.72. The van der Waals surface area contributed by atoms with Crippen molar-refractivity contribution in [2.75, 3.05) is 6.54 Å². The highest BCUT2D eigenvalue weighted by atomic mass is 19.1. The molecule has 3 N–H and O–H groups in total. The molecule has 1 heterocycles. The summed E-state index contributed by atoms with van der Waals surface area (Å²) in [5, 5.41) is 11.6. The molecule has 1 amide bonds. The number of halogens is 1.